The molecule has 2 saturated heterocycles. The molecule has 0 aliphatic carbocycles. The summed E-state index contributed by atoms with van der Waals surface area (Å²) in [6.07, 6.45) is 0.617. The Morgan fingerprint density at radius 3 is 2.69 bits per heavy atom. The van der Waals surface area contributed by atoms with Crippen molar-refractivity contribution in [2.45, 2.75) is 57.7 Å². The molecule has 2 aromatic rings. The fourth-order valence-corrected chi connectivity index (χ4v) is 4.45. The highest BCUT2D eigenvalue weighted by atomic mass is 16.6. The summed E-state index contributed by atoms with van der Waals surface area (Å²) in [7, 11) is 1.65. The first-order valence-corrected chi connectivity index (χ1v) is 11.8. The standard InChI is InChI=1S/C25H31N5O5/c1-25(2,3)35-24(34)29-13-12-26-15-17(29)7-5-6-16-8-9-18-20(14-16)28(4)23(33)30(18)19-10-11-21(31)27-22(19)32/h8-9,14,17,19,26H,7,10-13,15H2,1-4H3,(H,27,31,32). The number of fused-ring (bicyclic) bond motifs is 1. The number of hydrogen-bond donors (Lipinski definition) is 2. The van der Waals surface area contributed by atoms with Gasteiger partial charge in [0, 0.05) is 45.1 Å². The largest absolute Gasteiger partial charge is 0.444 e. The number of ether oxygens (including phenoxy) is 1. The van der Waals surface area contributed by atoms with Gasteiger partial charge in [-0.25, -0.2) is 9.59 Å². The van der Waals surface area contributed by atoms with E-state index in [1.807, 2.05) is 32.9 Å². The van der Waals surface area contributed by atoms with Crippen molar-refractivity contribution < 1.29 is 19.1 Å². The number of aromatic nitrogens is 2. The third-order valence-electron chi connectivity index (χ3n) is 6.16. The number of nitrogens with zero attached hydrogens (tertiary/aromatic N) is 3. The van der Waals surface area contributed by atoms with Gasteiger partial charge in [-0.1, -0.05) is 11.8 Å². The van der Waals surface area contributed by atoms with Crippen molar-refractivity contribution in [1.29, 1.82) is 0 Å². The molecule has 1 aromatic carbocycles. The lowest BCUT2D eigenvalue weighted by Crippen LogP contribution is -2.54. The van der Waals surface area contributed by atoms with Crippen LogP contribution in [0.15, 0.2) is 23.0 Å². The average Bonchev–Trinajstić information content (AvgIpc) is 3.03. The fourth-order valence-electron chi connectivity index (χ4n) is 4.45. The van der Waals surface area contributed by atoms with Gasteiger partial charge in [0.25, 0.3) is 0 Å². The number of hydrogen-bond acceptors (Lipinski definition) is 6. The summed E-state index contributed by atoms with van der Waals surface area (Å²) in [4.78, 5) is 51.1. The fraction of sp³-hybridized carbons (Fsp3) is 0.520. The number of carbonyl (C=O) groups is 3. The van der Waals surface area contributed by atoms with Gasteiger partial charge in [-0.05, 0) is 45.4 Å². The Balaban J connectivity index is 1.54. The van der Waals surface area contributed by atoms with Crippen molar-refractivity contribution in [2.24, 2.45) is 7.05 Å². The minimum Gasteiger partial charge on any atom is -0.444 e. The molecule has 3 heterocycles. The molecular weight excluding hydrogens is 450 g/mol. The van der Waals surface area contributed by atoms with E-state index in [0.29, 0.717) is 37.1 Å². The monoisotopic (exact) mass is 481 g/mol. The van der Waals surface area contributed by atoms with Gasteiger partial charge in [0.2, 0.25) is 11.8 Å². The van der Waals surface area contributed by atoms with Crippen LogP contribution >= 0.6 is 0 Å². The van der Waals surface area contributed by atoms with Crippen LogP contribution in [-0.2, 0) is 21.4 Å². The van der Waals surface area contributed by atoms with Gasteiger partial charge in [0.1, 0.15) is 11.6 Å². The lowest BCUT2D eigenvalue weighted by Gasteiger charge is -2.36. The summed E-state index contributed by atoms with van der Waals surface area (Å²) in [6, 6.07) is 4.57. The third-order valence-corrected chi connectivity index (χ3v) is 6.16. The van der Waals surface area contributed by atoms with E-state index in [0.717, 1.165) is 5.56 Å². The molecule has 2 N–H and O–H groups in total. The van der Waals surface area contributed by atoms with Crippen molar-refractivity contribution >= 4 is 28.9 Å². The number of aryl methyl sites for hydroxylation is 1. The molecule has 2 aliphatic heterocycles. The number of piperidine rings is 1. The second kappa shape index (κ2) is 9.58. The Hall–Kier alpha value is -3.58. The van der Waals surface area contributed by atoms with E-state index in [4.69, 9.17) is 4.74 Å². The maximum absolute atomic E-state index is 12.9. The van der Waals surface area contributed by atoms with Crippen molar-refractivity contribution in [3.05, 3.63) is 34.2 Å². The van der Waals surface area contributed by atoms with Crippen LogP contribution in [0.3, 0.4) is 0 Å². The summed E-state index contributed by atoms with van der Waals surface area (Å²) in [5.74, 6) is 5.52. The number of rotatable bonds is 2. The van der Waals surface area contributed by atoms with E-state index in [1.54, 1.807) is 18.0 Å². The summed E-state index contributed by atoms with van der Waals surface area (Å²) in [5.41, 5.74) is 1.11. The number of carbonyl (C=O) groups excluding carboxylic acids is 3. The molecule has 10 nitrogen and oxygen atoms in total. The van der Waals surface area contributed by atoms with Crippen LogP contribution < -0.4 is 16.3 Å². The highest BCUT2D eigenvalue weighted by Crippen LogP contribution is 2.23. The zero-order valence-electron chi connectivity index (χ0n) is 20.5. The molecule has 2 atom stereocenters. The molecule has 3 amide bonds. The number of imidazole rings is 1. The number of benzene rings is 1. The Morgan fingerprint density at radius 1 is 1.20 bits per heavy atom. The molecule has 2 aliphatic rings. The van der Waals surface area contributed by atoms with Crippen LogP contribution in [0.5, 0.6) is 0 Å². The van der Waals surface area contributed by atoms with Gasteiger partial charge in [0.15, 0.2) is 0 Å². The molecule has 10 heteroatoms. The predicted molar refractivity (Wildman–Crippen MR) is 130 cm³/mol. The minimum absolute atomic E-state index is 0.104. The lowest BCUT2D eigenvalue weighted by atomic mass is 10.1. The smallest absolute Gasteiger partial charge is 0.410 e. The Labute approximate surface area is 203 Å². The highest BCUT2D eigenvalue weighted by Gasteiger charge is 2.32. The molecule has 2 unspecified atom stereocenters. The van der Waals surface area contributed by atoms with Gasteiger partial charge in [-0.3, -0.25) is 24.0 Å². The van der Waals surface area contributed by atoms with E-state index in [9.17, 15) is 19.2 Å². The second-order valence-electron chi connectivity index (χ2n) is 9.92. The number of amides is 3. The van der Waals surface area contributed by atoms with Crippen molar-refractivity contribution in [2.75, 3.05) is 19.6 Å². The molecule has 4 rings (SSSR count). The van der Waals surface area contributed by atoms with Crippen LogP contribution in [0.1, 0.15) is 51.6 Å². The molecule has 0 bridgehead atoms. The first kappa shape index (κ1) is 24.5. The number of imide groups is 1. The van der Waals surface area contributed by atoms with Crippen molar-refractivity contribution in [1.82, 2.24) is 24.7 Å². The molecule has 186 valence electrons. The maximum atomic E-state index is 12.9. The van der Waals surface area contributed by atoms with Crippen LogP contribution in [0.4, 0.5) is 4.79 Å². The van der Waals surface area contributed by atoms with Crippen LogP contribution in [0.2, 0.25) is 0 Å². The van der Waals surface area contributed by atoms with Gasteiger partial charge in [-0.15, -0.1) is 0 Å². The molecule has 0 radical (unpaired) electrons. The summed E-state index contributed by atoms with van der Waals surface area (Å²) >= 11 is 0. The quantitative estimate of drug-likeness (QED) is 0.493. The van der Waals surface area contributed by atoms with E-state index in [2.05, 4.69) is 22.5 Å². The molecule has 1 aromatic heterocycles. The molecule has 2 fully saturated rings. The zero-order chi connectivity index (χ0) is 25.3. The van der Waals surface area contributed by atoms with Crippen molar-refractivity contribution in [3.63, 3.8) is 0 Å². The normalized spacial score (nSPS) is 20.9. The average molecular weight is 482 g/mol. The van der Waals surface area contributed by atoms with Gasteiger partial charge in [-0.2, -0.15) is 0 Å². The SMILES string of the molecule is Cn1c(=O)n(C2CCC(=O)NC2=O)c2ccc(C#CCC3CNCCN3C(=O)OC(C)(C)C)cc21. The third kappa shape index (κ3) is 5.25. The Bertz CT molecular complexity index is 1290. The number of piperazine rings is 1. The van der Waals surface area contributed by atoms with E-state index in [1.165, 1.54) is 9.13 Å². The Morgan fingerprint density at radius 2 is 1.97 bits per heavy atom. The Kier molecular flexibility index (Phi) is 6.72. The molecule has 0 spiro atoms. The molecule has 0 saturated carbocycles. The minimum atomic E-state index is -0.724. The highest BCUT2D eigenvalue weighted by molar-refractivity contribution is 6.00. The van der Waals surface area contributed by atoms with Crippen LogP contribution in [0.25, 0.3) is 11.0 Å². The summed E-state index contributed by atoms with van der Waals surface area (Å²) in [5, 5.41) is 5.61. The summed E-state index contributed by atoms with van der Waals surface area (Å²) < 4.78 is 8.47. The van der Waals surface area contributed by atoms with Crippen molar-refractivity contribution in [3.8, 4) is 11.8 Å². The van der Waals surface area contributed by atoms with Gasteiger partial charge < -0.3 is 15.0 Å². The van der Waals surface area contributed by atoms with Crippen LogP contribution in [-0.4, -0.2) is 63.2 Å². The summed E-state index contributed by atoms with van der Waals surface area (Å²) in [6.45, 7) is 7.44. The first-order valence-electron chi connectivity index (χ1n) is 11.8. The second-order valence-corrected chi connectivity index (χ2v) is 9.92. The van der Waals surface area contributed by atoms with E-state index >= 15 is 0 Å². The van der Waals surface area contributed by atoms with E-state index < -0.39 is 17.6 Å². The molecular formula is C25H31N5O5. The lowest BCUT2D eigenvalue weighted by molar-refractivity contribution is -0.135. The topological polar surface area (TPSA) is 115 Å². The van der Waals surface area contributed by atoms with Gasteiger partial charge in [0.05, 0.1) is 17.1 Å². The van der Waals surface area contributed by atoms with Gasteiger partial charge >= 0.3 is 11.8 Å². The predicted octanol–water partition coefficient (Wildman–Crippen LogP) is 1.27. The molecule has 35 heavy (non-hydrogen) atoms. The first-order chi connectivity index (χ1) is 16.5. The zero-order valence-corrected chi connectivity index (χ0v) is 20.5. The van der Waals surface area contributed by atoms with Crippen LogP contribution in [0, 0.1) is 11.8 Å². The maximum Gasteiger partial charge on any atom is 0.410 e. The number of nitrogens with one attached hydrogen (secondary N) is 2. The van der Waals surface area contributed by atoms with E-state index in [-0.39, 0.29) is 36.6 Å².